The maximum atomic E-state index is 2.79. The van der Waals surface area contributed by atoms with Crippen LogP contribution in [0.25, 0.3) is 44.2 Å². The van der Waals surface area contributed by atoms with Crippen molar-refractivity contribution in [1.82, 2.24) is 0 Å². The van der Waals surface area contributed by atoms with Gasteiger partial charge in [-0.1, -0.05) is 181 Å². The van der Waals surface area contributed by atoms with E-state index in [1.807, 2.05) is 0 Å². The first-order valence-electron chi connectivity index (χ1n) is 24.5. The van der Waals surface area contributed by atoms with Crippen LogP contribution in [0.15, 0.2) is 176 Å². The molecule has 6 aliphatic rings. The number of anilines is 5. The summed E-state index contributed by atoms with van der Waals surface area (Å²) < 4.78 is 0. The minimum absolute atomic E-state index is 0.0499. The van der Waals surface area contributed by atoms with Crippen molar-refractivity contribution in [2.75, 3.05) is 9.71 Å². The first kappa shape index (κ1) is 38.1. The van der Waals surface area contributed by atoms with Crippen molar-refractivity contribution in [1.29, 1.82) is 0 Å². The van der Waals surface area contributed by atoms with E-state index < -0.39 is 5.41 Å². The lowest BCUT2D eigenvalue weighted by atomic mass is 9.42. The van der Waals surface area contributed by atoms with Gasteiger partial charge in [-0.05, 0) is 149 Å². The molecule has 320 valence electrons. The molecule has 0 radical (unpaired) electrons. The summed E-state index contributed by atoms with van der Waals surface area (Å²) in [4.78, 5) is 5.50. The van der Waals surface area contributed by atoms with E-state index in [1.54, 1.807) is 0 Å². The zero-order chi connectivity index (χ0) is 44.9. The smallest absolute Gasteiger partial charge is 0.333 e. The highest BCUT2D eigenvalue weighted by molar-refractivity contribution is 6.94. The second-order valence-corrected chi connectivity index (χ2v) is 22.2. The third-order valence-corrected chi connectivity index (χ3v) is 17.7. The van der Waals surface area contributed by atoms with Crippen LogP contribution in [0.1, 0.15) is 98.9 Å². The lowest BCUT2D eigenvalue weighted by Gasteiger charge is -2.52. The van der Waals surface area contributed by atoms with Crippen molar-refractivity contribution in [3.8, 4) is 33.4 Å². The standard InChI is InChI=1S/C64H51BN2/c1-61(2)32-33-62(3,4)54-35-39(30-31-50(54)61)67-57-37-44-43-22-9-12-23-47(43)63(5,6)53(44)36-45(57)46-34-38-18-7-8-19-40(38)59-58(46)65(67)55-28-17-27-52-60(55)66(59)56-29-16-15-26-51(56)64(52)48-24-13-10-20-41(48)42-21-11-14-25-49(42)64/h7-31,34-37H,32-33H2,1-6H3. The van der Waals surface area contributed by atoms with Crippen LogP contribution in [0.3, 0.4) is 0 Å². The Morgan fingerprint density at radius 1 is 0.403 bits per heavy atom. The molecule has 0 aromatic heterocycles. The van der Waals surface area contributed by atoms with Crippen LogP contribution < -0.4 is 20.6 Å². The highest BCUT2D eigenvalue weighted by Gasteiger charge is 2.56. The summed E-state index contributed by atoms with van der Waals surface area (Å²) in [5, 5.41) is 2.56. The van der Waals surface area contributed by atoms with E-state index >= 15 is 0 Å². The van der Waals surface area contributed by atoms with Gasteiger partial charge in [-0.25, -0.2) is 0 Å². The predicted octanol–water partition coefficient (Wildman–Crippen LogP) is 14.9. The molecule has 9 aromatic rings. The van der Waals surface area contributed by atoms with Crippen molar-refractivity contribution >= 4 is 57.0 Å². The van der Waals surface area contributed by atoms with Crippen LogP contribution in [-0.2, 0) is 21.7 Å². The van der Waals surface area contributed by atoms with Crippen LogP contribution in [0.5, 0.6) is 0 Å². The van der Waals surface area contributed by atoms with Gasteiger partial charge in [0, 0.05) is 33.4 Å². The molecule has 3 aliphatic heterocycles. The molecule has 0 bridgehead atoms. The number of benzene rings is 9. The maximum absolute atomic E-state index is 2.79. The minimum Gasteiger partial charge on any atom is -0.376 e. The average molecular weight is 859 g/mol. The molecule has 0 amide bonds. The summed E-state index contributed by atoms with van der Waals surface area (Å²) in [6.07, 6.45) is 2.36. The third-order valence-electron chi connectivity index (χ3n) is 17.7. The molecular formula is C64H51BN2. The molecule has 0 fully saturated rings. The molecule has 0 saturated carbocycles. The fraction of sp³-hybridized carbons (Fsp3) is 0.188. The molecule has 0 saturated heterocycles. The van der Waals surface area contributed by atoms with Gasteiger partial charge in [0.1, 0.15) is 0 Å². The van der Waals surface area contributed by atoms with Crippen molar-refractivity contribution in [3.05, 3.63) is 220 Å². The Morgan fingerprint density at radius 2 is 1.01 bits per heavy atom. The molecule has 1 spiro atoms. The quantitative estimate of drug-likeness (QED) is 0.152. The van der Waals surface area contributed by atoms with Crippen LogP contribution in [-0.4, -0.2) is 6.85 Å². The summed E-state index contributed by atoms with van der Waals surface area (Å²) in [7, 11) is 0. The van der Waals surface area contributed by atoms with Crippen molar-refractivity contribution < 1.29 is 0 Å². The fourth-order valence-electron chi connectivity index (χ4n) is 14.4. The SMILES string of the molecule is CC1(C)CCC(C)(C)c2cc(N3B4c5cccc6c5N(c5ccccc5C65c6ccccc6-c6ccccc65)c5c4c(cc4ccccc54)-c4cc5c(cc43)-c3ccccc3C5(C)C)ccc21. The first-order valence-corrected chi connectivity index (χ1v) is 24.5. The van der Waals surface area contributed by atoms with E-state index in [4.69, 9.17) is 0 Å². The summed E-state index contributed by atoms with van der Waals surface area (Å²) >= 11 is 0. The van der Waals surface area contributed by atoms with E-state index in [1.165, 1.54) is 141 Å². The first-order chi connectivity index (χ1) is 32.5. The number of nitrogens with zero attached hydrogens (tertiary/aromatic N) is 2. The molecular weight excluding hydrogens is 808 g/mol. The zero-order valence-corrected chi connectivity index (χ0v) is 39.1. The van der Waals surface area contributed by atoms with Gasteiger partial charge in [-0.15, -0.1) is 0 Å². The Kier molecular flexibility index (Phi) is 7.08. The predicted molar refractivity (Wildman–Crippen MR) is 281 cm³/mol. The molecule has 0 unspecified atom stereocenters. The summed E-state index contributed by atoms with van der Waals surface area (Å²) in [5.41, 5.74) is 27.9. The van der Waals surface area contributed by atoms with Crippen molar-refractivity contribution in [2.24, 2.45) is 0 Å². The Balaban J connectivity index is 1.12. The molecule has 3 heterocycles. The number of hydrogen-bond donors (Lipinski definition) is 0. The van der Waals surface area contributed by atoms with Crippen LogP contribution in [0, 0.1) is 0 Å². The van der Waals surface area contributed by atoms with Gasteiger partial charge in [0.25, 0.3) is 0 Å². The van der Waals surface area contributed by atoms with E-state index in [-0.39, 0.29) is 23.1 Å². The van der Waals surface area contributed by atoms with Crippen molar-refractivity contribution in [2.45, 2.75) is 76.0 Å². The third kappa shape index (κ3) is 4.50. The molecule has 0 N–H and O–H groups in total. The second kappa shape index (κ2) is 12.5. The second-order valence-electron chi connectivity index (χ2n) is 22.2. The number of hydrogen-bond acceptors (Lipinski definition) is 2. The number of rotatable bonds is 1. The largest absolute Gasteiger partial charge is 0.376 e. The van der Waals surface area contributed by atoms with Crippen LogP contribution in [0.4, 0.5) is 28.4 Å². The lowest BCUT2D eigenvalue weighted by molar-refractivity contribution is 0.332. The number of fused-ring (bicyclic) bond motifs is 19. The van der Waals surface area contributed by atoms with Crippen molar-refractivity contribution in [3.63, 3.8) is 0 Å². The average Bonchev–Trinajstić information content (AvgIpc) is 3.77. The van der Waals surface area contributed by atoms with Gasteiger partial charge in [-0.3, -0.25) is 0 Å². The molecule has 9 aromatic carbocycles. The zero-order valence-electron chi connectivity index (χ0n) is 39.1. The van der Waals surface area contributed by atoms with Gasteiger partial charge in [0.15, 0.2) is 0 Å². The van der Waals surface area contributed by atoms with E-state index in [0.29, 0.717) is 0 Å². The molecule has 67 heavy (non-hydrogen) atoms. The Bertz CT molecular complexity index is 3670. The normalized spacial score (nSPS) is 18.0. The summed E-state index contributed by atoms with van der Waals surface area (Å²) in [6, 6.07) is 68.8. The van der Waals surface area contributed by atoms with Gasteiger partial charge >= 0.3 is 6.85 Å². The summed E-state index contributed by atoms with van der Waals surface area (Å²) in [6.45, 7) is 14.6. The van der Waals surface area contributed by atoms with E-state index in [0.717, 1.165) is 0 Å². The Labute approximate surface area is 394 Å². The highest BCUT2D eigenvalue weighted by atomic mass is 15.2. The molecule has 3 heteroatoms. The monoisotopic (exact) mass is 858 g/mol. The van der Waals surface area contributed by atoms with Crippen LogP contribution in [0.2, 0.25) is 0 Å². The Morgan fingerprint density at radius 3 is 1.76 bits per heavy atom. The lowest BCUT2D eigenvalue weighted by Crippen LogP contribution is -2.62. The molecule has 2 nitrogen and oxygen atoms in total. The van der Waals surface area contributed by atoms with Gasteiger partial charge < -0.3 is 9.71 Å². The topological polar surface area (TPSA) is 6.48 Å². The summed E-state index contributed by atoms with van der Waals surface area (Å²) in [5.74, 6) is 0. The Hall–Kier alpha value is -7.10. The minimum atomic E-state index is -0.508. The highest BCUT2D eigenvalue weighted by Crippen LogP contribution is 2.65. The molecule has 3 aliphatic carbocycles. The molecule has 0 atom stereocenters. The van der Waals surface area contributed by atoms with Gasteiger partial charge in [0.05, 0.1) is 16.8 Å². The van der Waals surface area contributed by atoms with Gasteiger partial charge in [0.2, 0.25) is 0 Å². The maximum Gasteiger partial charge on any atom is 0.333 e. The van der Waals surface area contributed by atoms with Gasteiger partial charge in [-0.2, -0.15) is 0 Å². The fourth-order valence-corrected chi connectivity index (χ4v) is 14.4. The van der Waals surface area contributed by atoms with Crippen LogP contribution >= 0.6 is 0 Å². The van der Waals surface area contributed by atoms with E-state index in [2.05, 4.69) is 227 Å². The number of para-hydroxylation sites is 2. The van der Waals surface area contributed by atoms with E-state index in [9.17, 15) is 0 Å². The molecule has 15 rings (SSSR count).